The molecule has 1 aromatic rings. The highest BCUT2D eigenvalue weighted by Crippen LogP contribution is 2.38. The lowest BCUT2D eigenvalue weighted by Gasteiger charge is -2.19. The number of carboxylic acid groups (broad SMARTS) is 1. The van der Waals surface area contributed by atoms with Gasteiger partial charge in [0.15, 0.2) is 0 Å². The summed E-state index contributed by atoms with van der Waals surface area (Å²) in [7, 11) is 0. The van der Waals surface area contributed by atoms with E-state index in [9.17, 15) is 14.7 Å². The molecule has 0 spiro atoms. The van der Waals surface area contributed by atoms with Gasteiger partial charge in [0.25, 0.3) is 0 Å². The summed E-state index contributed by atoms with van der Waals surface area (Å²) in [5, 5.41) is 12.2. The van der Waals surface area contributed by atoms with Gasteiger partial charge in [0.2, 0.25) is 5.91 Å². The molecular formula is C16H23NO4. The Morgan fingerprint density at radius 1 is 1.43 bits per heavy atom. The van der Waals surface area contributed by atoms with Crippen LogP contribution in [0.25, 0.3) is 0 Å². The van der Waals surface area contributed by atoms with Crippen LogP contribution in [0.5, 0.6) is 0 Å². The first-order valence-electron chi connectivity index (χ1n) is 7.56. The summed E-state index contributed by atoms with van der Waals surface area (Å²) in [5.74, 6) is -0.808. The Morgan fingerprint density at radius 2 is 2.14 bits per heavy atom. The Balaban J connectivity index is 1.93. The molecule has 0 aromatic carbocycles. The van der Waals surface area contributed by atoms with E-state index in [4.69, 9.17) is 4.42 Å². The number of furan rings is 1. The lowest BCUT2D eigenvalue weighted by molar-refractivity contribution is -0.146. The first-order valence-corrected chi connectivity index (χ1v) is 7.56. The van der Waals surface area contributed by atoms with Gasteiger partial charge in [0, 0.05) is 12.5 Å². The summed E-state index contributed by atoms with van der Waals surface area (Å²) in [4.78, 5) is 23.7. The van der Waals surface area contributed by atoms with Gasteiger partial charge in [-0.3, -0.25) is 9.59 Å². The maximum atomic E-state index is 12.4. The fourth-order valence-electron chi connectivity index (χ4n) is 3.17. The van der Waals surface area contributed by atoms with Gasteiger partial charge in [-0.1, -0.05) is 13.3 Å². The molecule has 0 aliphatic heterocycles. The van der Waals surface area contributed by atoms with E-state index in [1.165, 1.54) is 0 Å². The van der Waals surface area contributed by atoms with Crippen LogP contribution in [0.15, 0.2) is 22.8 Å². The van der Waals surface area contributed by atoms with Crippen LogP contribution in [-0.2, 0) is 16.0 Å². The van der Waals surface area contributed by atoms with Crippen molar-refractivity contribution in [1.29, 1.82) is 0 Å². The van der Waals surface area contributed by atoms with Crippen molar-refractivity contribution in [1.82, 2.24) is 5.32 Å². The molecule has 2 unspecified atom stereocenters. The standard InChI is InChI=1S/C16H23NO4/c1-3-11-8-13(14(9-11)16(19)20)15(18)17-10(2)7-12-5-4-6-21-12/h4-6,10-11,13-14H,3,7-9H2,1-2H3,(H,17,18)(H,19,20)/t10?,11?,13-,14+/m0/s1. The van der Waals surface area contributed by atoms with Gasteiger partial charge in [0.05, 0.1) is 18.1 Å². The average molecular weight is 293 g/mol. The van der Waals surface area contributed by atoms with Crippen LogP contribution in [0.3, 0.4) is 0 Å². The summed E-state index contributed by atoms with van der Waals surface area (Å²) >= 11 is 0. The van der Waals surface area contributed by atoms with Crippen molar-refractivity contribution in [2.75, 3.05) is 0 Å². The zero-order valence-electron chi connectivity index (χ0n) is 12.5. The molecule has 0 bridgehead atoms. The summed E-state index contributed by atoms with van der Waals surface area (Å²) in [6.07, 6.45) is 4.42. The molecule has 5 heteroatoms. The Morgan fingerprint density at radius 3 is 2.71 bits per heavy atom. The van der Waals surface area contributed by atoms with Crippen LogP contribution in [0.4, 0.5) is 0 Å². The minimum Gasteiger partial charge on any atom is -0.481 e. The third kappa shape index (κ3) is 3.86. The molecular weight excluding hydrogens is 270 g/mol. The Hall–Kier alpha value is -1.78. The monoisotopic (exact) mass is 293 g/mol. The number of carbonyl (C=O) groups is 2. The Labute approximate surface area is 124 Å². The topological polar surface area (TPSA) is 79.5 Å². The zero-order valence-corrected chi connectivity index (χ0v) is 12.5. The van der Waals surface area contributed by atoms with Crippen LogP contribution in [0.2, 0.25) is 0 Å². The Kier molecular flexibility index (Phi) is 5.04. The number of aliphatic carboxylic acids is 1. The van der Waals surface area contributed by atoms with Crippen molar-refractivity contribution in [2.45, 2.75) is 45.6 Å². The lowest BCUT2D eigenvalue weighted by atomic mass is 9.95. The van der Waals surface area contributed by atoms with Crippen molar-refractivity contribution in [3.8, 4) is 0 Å². The van der Waals surface area contributed by atoms with E-state index in [1.54, 1.807) is 6.26 Å². The predicted octanol–water partition coefficient (Wildman–Crippen LogP) is 2.46. The van der Waals surface area contributed by atoms with Crippen molar-refractivity contribution in [3.05, 3.63) is 24.2 Å². The zero-order chi connectivity index (χ0) is 15.4. The fourth-order valence-corrected chi connectivity index (χ4v) is 3.17. The van der Waals surface area contributed by atoms with Crippen molar-refractivity contribution in [2.24, 2.45) is 17.8 Å². The first-order chi connectivity index (χ1) is 10.0. The van der Waals surface area contributed by atoms with Crippen LogP contribution < -0.4 is 5.32 Å². The number of nitrogens with one attached hydrogen (secondary N) is 1. The summed E-state index contributed by atoms with van der Waals surface area (Å²) in [5.41, 5.74) is 0. The second kappa shape index (κ2) is 6.78. The second-order valence-electron chi connectivity index (χ2n) is 5.99. The fraction of sp³-hybridized carbons (Fsp3) is 0.625. The molecule has 2 rings (SSSR count). The average Bonchev–Trinajstić information content (AvgIpc) is 3.06. The van der Waals surface area contributed by atoms with E-state index in [0.717, 1.165) is 12.2 Å². The molecule has 21 heavy (non-hydrogen) atoms. The van der Waals surface area contributed by atoms with Gasteiger partial charge in [-0.15, -0.1) is 0 Å². The molecule has 1 aromatic heterocycles. The molecule has 1 heterocycles. The summed E-state index contributed by atoms with van der Waals surface area (Å²) < 4.78 is 5.26. The van der Waals surface area contributed by atoms with Gasteiger partial charge in [0.1, 0.15) is 5.76 Å². The molecule has 1 amide bonds. The first kappa shape index (κ1) is 15.6. The van der Waals surface area contributed by atoms with Gasteiger partial charge in [-0.2, -0.15) is 0 Å². The van der Waals surface area contributed by atoms with Gasteiger partial charge in [-0.25, -0.2) is 0 Å². The Bertz CT molecular complexity index is 482. The number of rotatable bonds is 6. The number of hydrogen-bond acceptors (Lipinski definition) is 3. The minimum atomic E-state index is -0.857. The third-order valence-electron chi connectivity index (χ3n) is 4.37. The van der Waals surface area contributed by atoms with Gasteiger partial charge >= 0.3 is 5.97 Å². The molecule has 2 N–H and O–H groups in total. The highest BCUT2D eigenvalue weighted by Gasteiger charge is 2.42. The van der Waals surface area contributed by atoms with Crippen molar-refractivity contribution < 1.29 is 19.1 Å². The summed E-state index contributed by atoms with van der Waals surface area (Å²) in [6, 6.07) is 3.61. The van der Waals surface area contributed by atoms with E-state index in [0.29, 0.717) is 25.2 Å². The van der Waals surface area contributed by atoms with E-state index in [-0.39, 0.29) is 11.9 Å². The third-order valence-corrected chi connectivity index (χ3v) is 4.37. The molecule has 5 nitrogen and oxygen atoms in total. The van der Waals surface area contributed by atoms with E-state index in [1.807, 2.05) is 26.0 Å². The quantitative estimate of drug-likeness (QED) is 0.844. The van der Waals surface area contributed by atoms with Gasteiger partial charge < -0.3 is 14.8 Å². The predicted molar refractivity (Wildman–Crippen MR) is 77.6 cm³/mol. The number of carboxylic acids is 1. The number of carbonyl (C=O) groups excluding carboxylic acids is 1. The van der Waals surface area contributed by atoms with Gasteiger partial charge in [-0.05, 0) is 37.8 Å². The van der Waals surface area contributed by atoms with Crippen LogP contribution in [0, 0.1) is 17.8 Å². The van der Waals surface area contributed by atoms with Crippen molar-refractivity contribution in [3.63, 3.8) is 0 Å². The maximum Gasteiger partial charge on any atom is 0.307 e. The smallest absolute Gasteiger partial charge is 0.307 e. The van der Waals surface area contributed by atoms with E-state index >= 15 is 0 Å². The molecule has 1 aliphatic rings. The molecule has 116 valence electrons. The molecule has 0 radical (unpaired) electrons. The van der Waals surface area contributed by atoms with E-state index < -0.39 is 17.8 Å². The largest absolute Gasteiger partial charge is 0.481 e. The van der Waals surface area contributed by atoms with Crippen LogP contribution >= 0.6 is 0 Å². The molecule has 0 saturated heterocycles. The lowest BCUT2D eigenvalue weighted by Crippen LogP contribution is -2.40. The van der Waals surface area contributed by atoms with E-state index in [2.05, 4.69) is 5.32 Å². The maximum absolute atomic E-state index is 12.4. The van der Waals surface area contributed by atoms with Crippen molar-refractivity contribution >= 4 is 11.9 Å². The highest BCUT2D eigenvalue weighted by atomic mass is 16.4. The van der Waals surface area contributed by atoms with Crippen LogP contribution in [0.1, 0.15) is 38.9 Å². The molecule has 1 fully saturated rings. The SMILES string of the molecule is CCC1C[C@H](C(=O)NC(C)Cc2ccco2)[C@H](C(=O)O)C1. The normalized spacial score (nSPS) is 26.5. The number of hydrogen-bond donors (Lipinski definition) is 2. The highest BCUT2D eigenvalue weighted by molar-refractivity contribution is 5.85. The second-order valence-corrected chi connectivity index (χ2v) is 5.99. The molecule has 1 saturated carbocycles. The number of amides is 1. The summed E-state index contributed by atoms with van der Waals surface area (Å²) in [6.45, 7) is 3.95. The molecule has 1 aliphatic carbocycles. The van der Waals surface area contributed by atoms with Crippen LogP contribution in [-0.4, -0.2) is 23.0 Å². The minimum absolute atomic E-state index is 0.0706. The molecule has 4 atom stereocenters.